The Morgan fingerprint density at radius 3 is 3.00 bits per heavy atom. The largest absolute Gasteiger partial charge is 0.391 e. The third-order valence-electron chi connectivity index (χ3n) is 3.89. The molecule has 0 spiro atoms. The molecule has 1 aromatic carbocycles. The second-order valence-electron chi connectivity index (χ2n) is 5.43. The highest BCUT2D eigenvalue weighted by Gasteiger charge is 2.31. The zero-order valence-corrected chi connectivity index (χ0v) is 13.3. The first-order valence-electron chi connectivity index (χ1n) is 7.60. The fraction of sp³-hybridized carbons (Fsp3) is 0.0588. The number of nitro groups is 1. The Bertz CT molecular complexity index is 1170. The fourth-order valence-corrected chi connectivity index (χ4v) is 2.79. The molecule has 0 aliphatic carbocycles. The van der Waals surface area contributed by atoms with Crippen LogP contribution in [0.2, 0.25) is 0 Å². The molecule has 1 aliphatic rings. The zero-order valence-electron chi connectivity index (χ0n) is 13.3. The highest BCUT2D eigenvalue weighted by Crippen LogP contribution is 2.30. The summed E-state index contributed by atoms with van der Waals surface area (Å²) in [5.74, 6) is 0.223. The fourth-order valence-electron chi connectivity index (χ4n) is 2.79. The van der Waals surface area contributed by atoms with Gasteiger partial charge in [-0.1, -0.05) is 17.8 Å². The van der Waals surface area contributed by atoms with Crippen LogP contribution in [0.5, 0.6) is 0 Å². The van der Waals surface area contributed by atoms with E-state index < -0.39 is 4.92 Å². The van der Waals surface area contributed by atoms with Crippen LogP contribution in [0.4, 0.5) is 5.69 Å². The first kappa shape index (κ1) is 15.6. The van der Waals surface area contributed by atoms with Crippen molar-refractivity contribution in [2.45, 2.75) is 0 Å². The lowest BCUT2D eigenvalue weighted by molar-refractivity contribution is -0.384. The lowest BCUT2D eigenvalue weighted by Crippen LogP contribution is -2.22. The number of non-ortho nitro benzene ring substituents is 1. The second-order valence-corrected chi connectivity index (χ2v) is 5.43. The molecule has 3 heterocycles. The lowest BCUT2D eigenvalue weighted by Gasteiger charge is -2.05. The van der Waals surface area contributed by atoms with E-state index in [1.807, 2.05) is 0 Å². The monoisotopic (exact) mass is 349 g/mol. The normalized spacial score (nSPS) is 13.5. The summed E-state index contributed by atoms with van der Waals surface area (Å²) in [6.45, 7) is 3.68. The molecule has 0 bridgehead atoms. The Labute approximate surface area is 146 Å². The van der Waals surface area contributed by atoms with Gasteiger partial charge in [-0.15, -0.1) is 0 Å². The zero-order chi connectivity index (χ0) is 18.3. The summed E-state index contributed by atoms with van der Waals surface area (Å²) in [6, 6.07) is 7.44. The van der Waals surface area contributed by atoms with Crippen molar-refractivity contribution in [3.8, 4) is 5.69 Å². The topological polar surface area (TPSA) is 113 Å². The highest BCUT2D eigenvalue weighted by molar-refractivity contribution is 6.16. The molecule has 0 fully saturated rings. The van der Waals surface area contributed by atoms with Crippen molar-refractivity contribution in [1.82, 2.24) is 14.5 Å². The molecule has 0 N–H and O–H groups in total. The predicted octanol–water partition coefficient (Wildman–Crippen LogP) is 1.96. The SMILES string of the molecule is C=CCO/N=C1/c2cc([N+](=O)[O-])ccc2-n2c1nc1ncccc1c2=O. The van der Waals surface area contributed by atoms with Gasteiger partial charge in [-0.3, -0.25) is 19.5 Å². The van der Waals surface area contributed by atoms with E-state index in [0.717, 1.165) is 0 Å². The van der Waals surface area contributed by atoms with Crippen molar-refractivity contribution in [2.24, 2.45) is 5.16 Å². The van der Waals surface area contributed by atoms with Crippen LogP contribution < -0.4 is 5.56 Å². The van der Waals surface area contributed by atoms with E-state index >= 15 is 0 Å². The predicted molar refractivity (Wildman–Crippen MR) is 93.6 cm³/mol. The van der Waals surface area contributed by atoms with Crippen LogP contribution in [0, 0.1) is 10.1 Å². The number of hydrogen-bond acceptors (Lipinski definition) is 7. The lowest BCUT2D eigenvalue weighted by atomic mass is 10.1. The maximum absolute atomic E-state index is 12.9. The van der Waals surface area contributed by atoms with Crippen molar-refractivity contribution in [2.75, 3.05) is 6.61 Å². The van der Waals surface area contributed by atoms with E-state index in [4.69, 9.17) is 4.84 Å². The molecule has 128 valence electrons. The second kappa shape index (κ2) is 5.88. The van der Waals surface area contributed by atoms with Crippen molar-refractivity contribution in [3.05, 3.63) is 81.0 Å². The summed E-state index contributed by atoms with van der Waals surface area (Å²) in [6.07, 6.45) is 3.04. The van der Waals surface area contributed by atoms with Gasteiger partial charge >= 0.3 is 0 Å². The van der Waals surface area contributed by atoms with Gasteiger partial charge in [0.15, 0.2) is 17.2 Å². The van der Waals surface area contributed by atoms with Crippen LogP contribution >= 0.6 is 0 Å². The molecule has 1 aliphatic heterocycles. The van der Waals surface area contributed by atoms with Crippen molar-refractivity contribution < 1.29 is 9.76 Å². The summed E-state index contributed by atoms with van der Waals surface area (Å²) in [5.41, 5.74) is 0.890. The van der Waals surface area contributed by atoms with Gasteiger partial charge in [0.1, 0.15) is 6.61 Å². The van der Waals surface area contributed by atoms with Crippen LogP contribution in [0.1, 0.15) is 11.4 Å². The van der Waals surface area contributed by atoms with E-state index in [9.17, 15) is 14.9 Å². The molecule has 4 rings (SSSR count). The first-order valence-corrected chi connectivity index (χ1v) is 7.60. The summed E-state index contributed by atoms with van der Waals surface area (Å²) in [5, 5.41) is 15.5. The van der Waals surface area contributed by atoms with Gasteiger partial charge in [0, 0.05) is 23.9 Å². The molecule has 0 radical (unpaired) electrons. The molecule has 0 amide bonds. The number of aromatic nitrogens is 3. The van der Waals surface area contributed by atoms with E-state index in [0.29, 0.717) is 16.6 Å². The number of rotatable bonds is 4. The van der Waals surface area contributed by atoms with Crippen molar-refractivity contribution in [1.29, 1.82) is 0 Å². The minimum atomic E-state index is -0.514. The average Bonchev–Trinajstić information content (AvgIpc) is 2.95. The van der Waals surface area contributed by atoms with Crippen LogP contribution in [-0.2, 0) is 4.84 Å². The van der Waals surface area contributed by atoms with Gasteiger partial charge < -0.3 is 4.84 Å². The van der Waals surface area contributed by atoms with E-state index in [2.05, 4.69) is 21.7 Å². The number of nitrogens with zero attached hydrogens (tertiary/aromatic N) is 5. The minimum Gasteiger partial charge on any atom is -0.391 e. The summed E-state index contributed by atoms with van der Waals surface area (Å²) in [7, 11) is 0. The molecule has 9 heteroatoms. The summed E-state index contributed by atoms with van der Waals surface area (Å²) in [4.78, 5) is 37.2. The molecule has 0 unspecified atom stereocenters. The molecule has 0 saturated heterocycles. The maximum Gasteiger partial charge on any atom is 0.270 e. The van der Waals surface area contributed by atoms with Crippen LogP contribution in [0.25, 0.3) is 16.7 Å². The molecule has 26 heavy (non-hydrogen) atoms. The number of fused-ring (bicyclic) bond motifs is 4. The Hall–Kier alpha value is -3.88. The smallest absolute Gasteiger partial charge is 0.270 e. The molecule has 0 atom stereocenters. The average molecular weight is 349 g/mol. The number of oxime groups is 1. The van der Waals surface area contributed by atoms with Crippen molar-refractivity contribution >= 4 is 22.4 Å². The number of pyridine rings is 1. The third kappa shape index (κ3) is 2.25. The van der Waals surface area contributed by atoms with Crippen LogP contribution in [-0.4, -0.2) is 31.8 Å². The van der Waals surface area contributed by atoms with Gasteiger partial charge in [-0.25, -0.2) is 9.97 Å². The van der Waals surface area contributed by atoms with Gasteiger partial charge in [0.2, 0.25) is 0 Å². The Balaban J connectivity index is 2.05. The van der Waals surface area contributed by atoms with Gasteiger partial charge in [0.05, 0.1) is 16.0 Å². The molecule has 0 saturated carbocycles. The standard InChI is InChI=1S/C17H11N5O4/c1-2-8-26-20-14-12-9-10(22(24)25)5-6-13(12)21-16(14)19-15-11(17(21)23)4-3-7-18-15/h2-7,9H,1,8H2/b20-14-. The Morgan fingerprint density at radius 1 is 1.38 bits per heavy atom. The van der Waals surface area contributed by atoms with E-state index in [-0.39, 0.29) is 35.0 Å². The molecular weight excluding hydrogens is 338 g/mol. The van der Waals surface area contributed by atoms with E-state index in [1.54, 1.807) is 12.1 Å². The number of hydrogen-bond donors (Lipinski definition) is 0. The molecule has 9 nitrogen and oxygen atoms in total. The number of nitro benzene ring substituents is 1. The van der Waals surface area contributed by atoms with Crippen LogP contribution in [0.3, 0.4) is 0 Å². The summed E-state index contributed by atoms with van der Waals surface area (Å²) >= 11 is 0. The molecule has 3 aromatic rings. The van der Waals surface area contributed by atoms with Gasteiger partial charge in [-0.2, -0.15) is 0 Å². The Kier molecular flexibility index (Phi) is 3.54. The van der Waals surface area contributed by atoms with Crippen LogP contribution in [0.15, 0.2) is 59.1 Å². The van der Waals surface area contributed by atoms with Gasteiger partial charge in [-0.05, 0) is 18.2 Å². The van der Waals surface area contributed by atoms with Gasteiger partial charge in [0.25, 0.3) is 11.2 Å². The first-order chi connectivity index (χ1) is 12.6. The molecular formula is C17H11N5O4. The third-order valence-corrected chi connectivity index (χ3v) is 3.89. The highest BCUT2D eigenvalue weighted by atomic mass is 16.6. The minimum absolute atomic E-state index is 0.122. The Morgan fingerprint density at radius 2 is 2.23 bits per heavy atom. The molecule has 2 aromatic heterocycles. The summed E-state index contributed by atoms with van der Waals surface area (Å²) < 4.78 is 1.36. The maximum atomic E-state index is 12.9. The quantitative estimate of drug-likeness (QED) is 0.241. The van der Waals surface area contributed by atoms with Crippen molar-refractivity contribution in [3.63, 3.8) is 0 Å². The number of benzene rings is 1. The van der Waals surface area contributed by atoms with E-state index in [1.165, 1.54) is 35.0 Å².